The molecule has 0 radical (unpaired) electrons. The van der Waals surface area contributed by atoms with Crippen molar-refractivity contribution in [1.82, 2.24) is 4.90 Å². The van der Waals surface area contributed by atoms with Crippen LogP contribution in [-0.2, 0) is 9.59 Å². The summed E-state index contributed by atoms with van der Waals surface area (Å²) in [6.45, 7) is 13.2. The Morgan fingerprint density at radius 1 is 1.06 bits per heavy atom. The molecule has 1 N–H and O–H groups in total. The lowest BCUT2D eigenvalue weighted by molar-refractivity contribution is -0.145. The van der Waals surface area contributed by atoms with Gasteiger partial charge in [0.1, 0.15) is 0 Å². The molecule has 0 aliphatic heterocycles. The fourth-order valence-electron chi connectivity index (χ4n) is 7.79. The second-order valence-electron chi connectivity index (χ2n) is 11.4. The minimum Gasteiger partial charge on any atom is -0.478 e. The lowest BCUT2D eigenvalue weighted by atomic mass is 9.49. The minimum absolute atomic E-state index is 0.0719. The van der Waals surface area contributed by atoms with Gasteiger partial charge < -0.3 is 10.0 Å². The van der Waals surface area contributed by atoms with Crippen molar-refractivity contribution in [2.75, 3.05) is 0 Å². The molecule has 2 fully saturated rings. The van der Waals surface area contributed by atoms with Crippen LogP contribution in [0.5, 0.6) is 0 Å². The molecule has 0 bridgehead atoms. The highest BCUT2D eigenvalue weighted by Gasteiger charge is 2.59. The summed E-state index contributed by atoms with van der Waals surface area (Å²) in [6.07, 6.45) is 13.5. The summed E-state index contributed by atoms with van der Waals surface area (Å²) >= 11 is 0. The van der Waals surface area contributed by atoms with Gasteiger partial charge in [-0.15, -0.1) is 0 Å². The van der Waals surface area contributed by atoms with E-state index < -0.39 is 5.97 Å². The van der Waals surface area contributed by atoms with Crippen LogP contribution in [0.25, 0.3) is 0 Å². The van der Waals surface area contributed by atoms with Gasteiger partial charge in [-0.2, -0.15) is 0 Å². The first-order valence-corrected chi connectivity index (χ1v) is 12.2. The normalized spacial score (nSPS) is 38.8. The fraction of sp³-hybridized carbons (Fsp3) is 0.704. The monoisotopic (exact) mass is 425 g/mol. The number of carbonyl (C=O) groups is 2. The molecular formula is C27H39NO3. The number of fused-ring (bicyclic) bond motifs is 5. The highest BCUT2D eigenvalue weighted by Crippen LogP contribution is 2.65. The molecule has 4 aliphatic carbocycles. The number of hydrogen-bond donors (Lipinski definition) is 1. The number of nitrogens with zero attached hydrogens (tertiary/aromatic N) is 1. The zero-order chi connectivity index (χ0) is 22.7. The van der Waals surface area contributed by atoms with Crippen LogP contribution in [0.1, 0.15) is 73.6 Å². The molecule has 0 aromatic rings. The van der Waals surface area contributed by atoms with E-state index in [0.717, 1.165) is 32.1 Å². The van der Waals surface area contributed by atoms with E-state index in [1.165, 1.54) is 5.57 Å². The first-order chi connectivity index (χ1) is 14.5. The van der Waals surface area contributed by atoms with Gasteiger partial charge in [0.15, 0.2) is 0 Å². The van der Waals surface area contributed by atoms with E-state index in [-0.39, 0.29) is 28.8 Å². The third-order valence-electron chi connectivity index (χ3n) is 9.27. The van der Waals surface area contributed by atoms with Gasteiger partial charge in [-0.3, -0.25) is 4.79 Å². The highest BCUT2D eigenvalue weighted by atomic mass is 16.4. The summed E-state index contributed by atoms with van der Waals surface area (Å²) in [5.74, 6) is 1.29. The first-order valence-electron chi connectivity index (χ1n) is 12.2. The molecule has 4 aliphatic rings. The van der Waals surface area contributed by atoms with Crippen molar-refractivity contribution in [2.45, 2.75) is 85.7 Å². The maximum atomic E-state index is 13.7. The molecule has 0 spiro atoms. The number of allylic oxidation sites excluding steroid dienone is 4. The highest BCUT2D eigenvalue weighted by molar-refractivity contribution is 5.91. The van der Waals surface area contributed by atoms with Crippen molar-refractivity contribution < 1.29 is 14.7 Å². The Morgan fingerprint density at radius 3 is 2.35 bits per heavy atom. The predicted molar refractivity (Wildman–Crippen MR) is 123 cm³/mol. The molecule has 170 valence electrons. The zero-order valence-electron chi connectivity index (χ0n) is 20.0. The van der Waals surface area contributed by atoms with Crippen molar-refractivity contribution in [3.05, 3.63) is 35.5 Å². The maximum absolute atomic E-state index is 13.7. The number of carbonyl (C=O) groups excluding carboxylic acids is 1. The Hall–Kier alpha value is -1.84. The second kappa shape index (κ2) is 7.64. The van der Waals surface area contributed by atoms with Crippen LogP contribution in [0.3, 0.4) is 0 Å². The number of rotatable bonds is 4. The molecule has 6 atom stereocenters. The molecule has 4 rings (SSSR count). The number of amides is 1. The quantitative estimate of drug-likeness (QED) is 0.637. The summed E-state index contributed by atoms with van der Waals surface area (Å²) in [6, 6.07) is 0.460. The number of aliphatic carboxylic acids is 1. The van der Waals surface area contributed by atoms with Gasteiger partial charge in [0.2, 0.25) is 5.91 Å². The Kier molecular flexibility index (Phi) is 5.51. The van der Waals surface area contributed by atoms with Crippen LogP contribution in [0.15, 0.2) is 35.5 Å². The summed E-state index contributed by atoms with van der Waals surface area (Å²) in [7, 11) is 0. The predicted octanol–water partition coefficient (Wildman–Crippen LogP) is 5.61. The van der Waals surface area contributed by atoms with E-state index >= 15 is 0 Å². The van der Waals surface area contributed by atoms with Crippen LogP contribution >= 0.6 is 0 Å². The lowest BCUT2D eigenvalue weighted by Gasteiger charge is -2.56. The van der Waals surface area contributed by atoms with Gasteiger partial charge in [-0.25, -0.2) is 4.79 Å². The third-order valence-corrected chi connectivity index (χ3v) is 9.27. The van der Waals surface area contributed by atoms with Crippen LogP contribution in [-0.4, -0.2) is 34.0 Å². The summed E-state index contributed by atoms with van der Waals surface area (Å²) < 4.78 is 0. The number of carboxylic acids is 1. The van der Waals surface area contributed by atoms with E-state index in [1.54, 1.807) is 6.08 Å². The van der Waals surface area contributed by atoms with Crippen molar-refractivity contribution in [1.29, 1.82) is 0 Å². The van der Waals surface area contributed by atoms with Gasteiger partial charge in [0, 0.05) is 23.4 Å². The average molecular weight is 426 g/mol. The largest absolute Gasteiger partial charge is 0.478 e. The van der Waals surface area contributed by atoms with E-state index in [2.05, 4.69) is 58.6 Å². The Labute approximate surface area is 187 Å². The molecule has 0 unspecified atom stereocenters. The number of hydrogen-bond acceptors (Lipinski definition) is 2. The molecule has 4 heteroatoms. The molecule has 1 amide bonds. The van der Waals surface area contributed by atoms with Crippen molar-refractivity contribution in [3.8, 4) is 0 Å². The zero-order valence-corrected chi connectivity index (χ0v) is 20.0. The Bertz CT molecular complexity index is 858. The van der Waals surface area contributed by atoms with Crippen LogP contribution in [0, 0.1) is 34.5 Å². The molecule has 4 nitrogen and oxygen atoms in total. The first kappa shape index (κ1) is 22.4. The van der Waals surface area contributed by atoms with E-state index in [0.29, 0.717) is 29.2 Å². The minimum atomic E-state index is -0.852. The molecule has 0 saturated heterocycles. The third kappa shape index (κ3) is 3.32. The van der Waals surface area contributed by atoms with E-state index in [1.807, 2.05) is 6.08 Å². The topological polar surface area (TPSA) is 57.6 Å². The van der Waals surface area contributed by atoms with Crippen LogP contribution in [0.2, 0.25) is 0 Å². The van der Waals surface area contributed by atoms with Crippen molar-refractivity contribution in [3.63, 3.8) is 0 Å². The summed E-state index contributed by atoms with van der Waals surface area (Å²) in [5, 5.41) is 9.42. The van der Waals surface area contributed by atoms with Gasteiger partial charge in [0.05, 0.1) is 5.57 Å². The van der Waals surface area contributed by atoms with Crippen molar-refractivity contribution in [2.24, 2.45) is 34.5 Å². The van der Waals surface area contributed by atoms with Gasteiger partial charge in [-0.05, 0) is 94.6 Å². The SMILES string of the molecule is CC(C)N(C(=O)[C@H]1CC[C@H]2[C@@H]3CC=C4C=C(C(=O)O)C=C[C@]4(C)[C@H]3CC[C@]12C)C(C)C. The van der Waals surface area contributed by atoms with Crippen molar-refractivity contribution >= 4 is 11.9 Å². The average Bonchev–Trinajstić information content (AvgIpc) is 3.03. The molecule has 2 saturated carbocycles. The summed E-state index contributed by atoms with van der Waals surface area (Å²) in [4.78, 5) is 27.3. The van der Waals surface area contributed by atoms with Gasteiger partial charge in [0.25, 0.3) is 0 Å². The molecule has 31 heavy (non-hydrogen) atoms. The van der Waals surface area contributed by atoms with Gasteiger partial charge >= 0.3 is 5.97 Å². The maximum Gasteiger partial charge on any atom is 0.335 e. The lowest BCUT2D eigenvalue weighted by Crippen LogP contribution is -2.52. The fourth-order valence-corrected chi connectivity index (χ4v) is 7.79. The molecule has 0 aromatic heterocycles. The van der Waals surface area contributed by atoms with Crippen LogP contribution < -0.4 is 0 Å². The Morgan fingerprint density at radius 2 is 1.74 bits per heavy atom. The smallest absolute Gasteiger partial charge is 0.335 e. The summed E-state index contributed by atoms with van der Waals surface area (Å²) in [5.41, 5.74) is 1.54. The second-order valence-corrected chi connectivity index (χ2v) is 11.4. The Balaban J connectivity index is 1.62. The molecule has 0 heterocycles. The standard InChI is InChI=1S/C27H39NO3/c1-16(2)28(17(3)4)24(29)23-10-9-21-20-8-7-19-15-18(25(30)31)11-13-26(19,5)22(20)12-14-27(21,23)6/h7,11,13,15-17,20-23H,8-10,12,14H2,1-6H3,(H,30,31)/t20-,21-,22-,23+,26-,27-/m0/s1. The molecule has 0 aromatic carbocycles. The van der Waals surface area contributed by atoms with Crippen LogP contribution in [0.4, 0.5) is 0 Å². The van der Waals surface area contributed by atoms with E-state index in [9.17, 15) is 14.7 Å². The van der Waals surface area contributed by atoms with E-state index in [4.69, 9.17) is 0 Å². The van der Waals surface area contributed by atoms with Gasteiger partial charge in [-0.1, -0.05) is 32.1 Å². The molecular weight excluding hydrogens is 386 g/mol. The number of carboxylic acid groups (broad SMARTS) is 1.